The van der Waals surface area contributed by atoms with E-state index in [1.807, 2.05) is 0 Å². The lowest BCUT2D eigenvalue weighted by molar-refractivity contribution is 0.591. The second kappa shape index (κ2) is 12.6. The minimum absolute atomic E-state index is 0.0889. The van der Waals surface area contributed by atoms with Crippen LogP contribution in [0, 0.1) is 0 Å². The number of hydrogen-bond acceptors (Lipinski definition) is 0. The van der Waals surface area contributed by atoms with E-state index in [1.165, 1.54) is 206 Å². The predicted molar refractivity (Wildman–Crippen MR) is 343 cm³/mol. The van der Waals surface area contributed by atoms with Crippen LogP contribution in [0.5, 0.6) is 0 Å². The predicted octanol–water partition coefficient (Wildman–Crippen LogP) is 23.4. The highest BCUT2D eigenvalue weighted by Crippen LogP contribution is 2.65. The maximum absolute atomic E-state index is 8.50. The van der Waals surface area contributed by atoms with Gasteiger partial charge in [-0.3, -0.25) is 0 Å². The van der Waals surface area contributed by atoms with Crippen molar-refractivity contribution in [3.63, 3.8) is 0 Å². The Morgan fingerprint density at radius 2 is 0.403 bits per heavy atom. The van der Waals surface area contributed by atoms with E-state index < -0.39 is 0 Å². The van der Waals surface area contributed by atoms with Gasteiger partial charge in [-0.1, -0.05) is 152 Å². The largest absolute Gasteiger partial charge is 0.0830 e. The van der Waals surface area contributed by atoms with Gasteiger partial charge in [-0.2, -0.15) is 0 Å². The van der Waals surface area contributed by atoms with Crippen molar-refractivity contribution in [3.05, 3.63) is 130 Å². The molecule has 0 unspecified atom stereocenters. The van der Waals surface area contributed by atoms with Gasteiger partial charge in [0.2, 0.25) is 0 Å². The van der Waals surface area contributed by atoms with Crippen LogP contribution >= 0.6 is 11.6 Å². The average molecular weight is 1010 g/mol. The molecular weight excluding hydrogens is 948 g/mol. The Kier molecular flexibility index (Phi) is 7.22. The summed E-state index contributed by atoms with van der Waals surface area (Å²) in [7, 11) is 0. The minimum Gasteiger partial charge on any atom is -0.0830 e. The van der Waals surface area contributed by atoms with Crippen molar-refractivity contribution in [2.45, 2.75) is 131 Å². The zero-order valence-electron chi connectivity index (χ0n) is 47.1. The summed E-state index contributed by atoms with van der Waals surface area (Å²) in [6, 6.07) is 40.6. The zero-order valence-corrected chi connectivity index (χ0v) is 47.9. The van der Waals surface area contributed by atoms with Gasteiger partial charge in [-0.15, -0.1) is 0 Å². The molecular formula is C76H61Cl. The summed E-state index contributed by atoms with van der Waals surface area (Å²) in [5, 5.41) is 47.4. The third-order valence-corrected chi connectivity index (χ3v) is 20.5. The van der Waals surface area contributed by atoms with Gasteiger partial charge in [0.15, 0.2) is 0 Å². The first-order valence-electron chi connectivity index (χ1n) is 28.4. The van der Waals surface area contributed by atoms with E-state index in [2.05, 4.69) is 201 Å². The fourth-order valence-corrected chi connectivity index (χ4v) is 16.6. The van der Waals surface area contributed by atoms with Crippen molar-refractivity contribution in [3.8, 4) is 0 Å². The average Bonchev–Trinajstić information content (AvgIpc) is 2.48. The van der Waals surface area contributed by atoms with Gasteiger partial charge < -0.3 is 0 Å². The normalized spacial score (nSPS) is 14.8. The first kappa shape index (κ1) is 44.0. The summed E-state index contributed by atoms with van der Waals surface area (Å²) in [5.74, 6) is 0. The van der Waals surface area contributed by atoms with Crippen LogP contribution in [0.25, 0.3) is 183 Å². The molecule has 1 heteroatoms. The molecule has 0 saturated heterocycles. The molecule has 0 radical (unpaired) electrons. The lowest BCUT2D eigenvalue weighted by Gasteiger charge is -2.31. The Balaban J connectivity index is 1.33. The van der Waals surface area contributed by atoms with E-state index in [9.17, 15) is 0 Å². The molecule has 0 N–H and O–H groups in total. The quantitative estimate of drug-likeness (QED) is 0.105. The van der Waals surface area contributed by atoms with Gasteiger partial charge in [-0.05, 0) is 272 Å². The van der Waals surface area contributed by atoms with Gasteiger partial charge in [-0.25, -0.2) is 0 Å². The Hall–Kier alpha value is -6.99. The smallest absolute Gasteiger partial charge is 0.0569 e. The lowest BCUT2D eigenvalue weighted by Crippen LogP contribution is -2.13. The molecule has 0 atom stereocenters. The highest BCUT2D eigenvalue weighted by molar-refractivity contribution is 6.65. The van der Waals surface area contributed by atoms with Crippen LogP contribution in [0.2, 0.25) is 5.02 Å². The minimum atomic E-state index is -0.148. The molecule has 0 spiro atoms. The molecule has 0 fully saturated rings. The van der Waals surface area contributed by atoms with Crippen LogP contribution in [0.15, 0.2) is 97.1 Å². The molecule has 0 aliphatic heterocycles. The third-order valence-electron chi connectivity index (χ3n) is 20.1. The molecule has 0 heterocycles. The van der Waals surface area contributed by atoms with Crippen LogP contribution in [0.3, 0.4) is 0 Å². The molecule has 0 aliphatic rings. The molecule has 0 bridgehead atoms. The summed E-state index contributed by atoms with van der Waals surface area (Å²) in [6.07, 6.45) is 0. The molecule has 18 aromatic rings. The van der Waals surface area contributed by atoms with Crippen molar-refractivity contribution >= 4 is 195 Å². The van der Waals surface area contributed by atoms with E-state index in [-0.39, 0.29) is 27.1 Å². The molecule has 0 amide bonds. The lowest BCUT2D eigenvalue weighted by atomic mass is 9.71. The molecule has 0 saturated carbocycles. The van der Waals surface area contributed by atoms with Gasteiger partial charge in [0.1, 0.15) is 0 Å². The molecule has 0 aromatic heterocycles. The van der Waals surface area contributed by atoms with Gasteiger partial charge in [0.05, 0.1) is 5.02 Å². The van der Waals surface area contributed by atoms with E-state index in [4.69, 9.17) is 11.6 Å². The van der Waals surface area contributed by atoms with Crippen LogP contribution < -0.4 is 0 Å². The SMILES string of the molecule is CC(C)(C)c1cc2c3cc(C(C)(C)C)cc4c5cc(C(C)(C)C)cc6c7c(Cl)c8ccc9ccc%10ccc%11c%12c%13cc(C(C)(C)C)cc%14c%15cc(C(C)(C)C)cc%16c(c1)c2c1c(c34)c(c56)c(c%12c7c2c8c9c%10c%112)c(c%14%13)c1c%16%15. The highest BCUT2D eigenvalue weighted by Gasteiger charge is 2.37. The van der Waals surface area contributed by atoms with Crippen molar-refractivity contribution in [2.24, 2.45) is 0 Å². The van der Waals surface area contributed by atoms with Crippen LogP contribution in [0.4, 0.5) is 0 Å². The number of fused-ring (bicyclic) bond motifs is 7. The Morgan fingerprint density at radius 3 is 0.727 bits per heavy atom. The fourth-order valence-electron chi connectivity index (χ4n) is 16.2. The molecule has 0 nitrogen and oxygen atoms in total. The van der Waals surface area contributed by atoms with E-state index >= 15 is 0 Å². The van der Waals surface area contributed by atoms with Crippen molar-refractivity contribution in [1.82, 2.24) is 0 Å². The summed E-state index contributed by atoms with van der Waals surface area (Å²) >= 11 is 8.50. The van der Waals surface area contributed by atoms with Crippen LogP contribution in [0.1, 0.15) is 132 Å². The van der Waals surface area contributed by atoms with Crippen molar-refractivity contribution in [2.75, 3.05) is 0 Å². The standard InChI is InChI=1S/C76H61Cl/c1-72(2,3)34-22-41-43-24-35(73(4,5)6)26-45-47-28-37(75(10,11)12)30-49-53-39-20-18-32-16-17-33-19-21-40-60-52(33)51(32)59(39)68(60)69-61(71(40)77)50-31-38(76(13,14)15)29-48-46-27-36(74(7,8)9)25-44-42(23-34)54(41)63-64(55(43)45)66(57(47)49)70(62(53)69)67(58(48)50)65(63)56(44)46/h16-31H,1-15H3. The second-order valence-corrected chi connectivity index (χ2v) is 30.0. The number of rotatable bonds is 0. The van der Waals surface area contributed by atoms with Gasteiger partial charge >= 0.3 is 0 Å². The summed E-state index contributed by atoms with van der Waals surface area (Å²) in [6.45, 7) is 36.2. The first-order chi connectivity index (χ1) is 36.3. The zero-order chi connectivity index (χ0) is 52.9. The van der Waals surface area contributed by atoms with E-state index in [0.717, 1.165) is 10.4 Å². The summed E-state index contributed by atoms with van der Waals surface area (Å²) < 4.78 is 0. The van der Waals surface area contributed by atoms with Gasteiger partial charge in [0.25, 0.3) is 0 Å². The first-order valence-corrected chi connectivity index (χ1v) is 28.8. The Morgan fingerprint density at radius 1 is 0.195 bits per heavy atom. The number of benzene rings is 16. The number of halogens is 1. The molecule has 77 heavy (non-hydrogen) atoms. The molecule has 18 aromatic carbocycles. The van der Waals surface area contributed by atoms with Crippen molar-refractivity contribution in [1.29, 1.82) is 0 Å². The summed E-state index contributed by atoms with van der Waals surface area (Å²) in [4.78, 5) is 0. The summed E-state index contributed by atoms with van der Waals surface area (Å²) in [5.41, 5.74) is 6.30. The molecule has 0 aliphatic carbocycles. The third kappa shape index (κ3) is 4.80. The van der Waals surface area contributed by atoms with E-state index in [0.29, 0.717) is 0 Å². The monoisotopic (exact) mass is 1010 g/mol. The number of hydrogen-bond donors (Lipinski definition) is 0. The maximum atomic E-state index is 8.50. The highest BCUT2D eigenvalue weighted by atomic mass is 35.5. The van der Waals surface area contributed by atoms with Gasteiger partial charge in [0, 0.05) is 26.9 Å². The molecule has 18 rings (SSSR count). The van der Waals surface area contributed by atoms with Crippen LogP contribution in [-0.2, 0) is 27.1 Å². The second-order valence-electron chi connectivity index (χ2n) is 29.7. The maximum Gasteiger partial charge on any atom is 0.0569 e. The van der Waals surface area contributed by atoms with Crippen LogP contribution in [-0.4, -0.2) is 0 Å². The topological polar surface area (TPSA) is 0 Å². The van der Waals surface area contributed by atoms with E-state index in [1.54, 1.807) is 0 Å². The fraction of sp³-hybridized carbons (Fsp3) is 0.263. The Bertz CT molecular complexity index is 5650. The van der Waals surface area contributed by atoms with Crippen molar-refractivity contribution < 1.29 is 0 Å². The Labute approximate surface area is 452 Å². The molecule has 372 valence electrons.